The summed E-state index contributed by atoms with van der Waals surface area (Å²) in [7, 11) is 0. The maximum absolute atomic E-state index is 12.8. The molecule has 6 unspecified atom stereocenters. The molecule has 0 saturated heterocycles. The number of non-ortho nitro benzene ring substituents is 2. The molecule has 3 aliphatic rings. The van der Waals surface area contributed by atoms with Crippen molar-refractivity contribution in [1.82, 2.24) is 0 Å². The Labute approximate surface area is 168 Å². The normalized spacial score (nSPS) is 33.4. The van der Waals surface area contributed by atoms with E-state index in [2.05, 4.69) is 6.92 Å². The number of carbonyl (C=O) groups is 1. The molecule has 2 bridgehead atoms. The molecule has 3 saturated carbocycles. The number of hydrogen-bond acceptors (Lipinski definition) is 6. The minimum absolute atomic E-state index is 0.129. The molecule has 8 heteroatoms. The van der Waals surface area contributed by atoms with Gasteiger partial charge in [-0.05, 0) is 61.7 Å². The maximum atomic E-state index is 12.8. The van der Waals surface area contributed by atoms with Gasteiger partial charge in [-0.15, -0.1) is 0 Å². The minimum Gasteiger partial charge on any atom is -0.458 e. The molecule has 4 rings (SSSR count). The number of nitro benzene ring substituents is 2. The van der Waals surface area contributed by atoms with Gasteiger partial charge in [-0.25, -0.2) is 4.79 Å². The Morgan fingerprint density at radius 3 is 2.17 bits per heavy atom. The number of fused-ring (bicyclic) bond motifs is 2. The molecule has 6 atom stereocenters. The van der Waals surface area contributed by atoms with Crippen molar-refractivity contribution >= 4 is 17.3 Å². The molecule has 0 heterocycles. The predicted molar refractivity (Wildman–Crippen MR) is 104 cm³/mol. The molecule has 0 aliphatic heterocycles. The van der Waals surface area contributed by atoms with Gasteiger partial charge in [0.2, 0.25) is 0 Å². The van der Waals surface area contributed by atoms with Gasteiger partial charge in [-0.1, -0.05) is 19.8 Å². The van der Waals surface area contributed by atoms with Crippen LogP contribution in [0.15, 0.2) is 18.2 Å². The second-order valence-electron chi connectivity index (χ2n) is 9.12. The first-order valence-electron chi connectivity index (χ1n) is 10.5. The van der Waals surface area contributed by atoms with Crippen LogP contribution < -0.4 is 0 Å². The van der Waals surface area contributed by atoms with Crippen molar-refractivity contribution < 1.29 is 19.4 Å². The third-order valence-corrected chi connectivity index (χ3v) is 7.27. The molecule has 0 spiro atoms. The van der Waals surface area contributed by atoms with Crippen LogP contribution in [0.1, 0.15) is 62.2 Å². The summed E-state index contributed by atoms with van der Waals surface area (Å²) in [6.07, 6.45) is 7.77. The molecule has 1 aromatic carbocycles. The highest BCUT2D eigenvalue weighted by Crippen LogP contribution is 2.54. The predicted octanol–water partition coefficient (Wildman–Crippen LogP) is 4.90. The van der Waals surface area contributed by atoms with Gasteiger partial charge in [0.25, 0.3) is 11.4 Å². The zero-order chi connectivity index (χ0) is 20.7. The lowest BCUT2D eigenvalue weighted by Gasteiger charge is -2.40. The standard InChI is InChI=1S/C21H26N2O6/c1-12-2-5-18(19-8-13-3-4-14(19)7-13)20(6-12)29-21(24)15-9-16(22(25)26)11-17(10-15)23(27)28/h9-14,18-20H,2-8H2,1H3. The number of ether oxygens (including phenoxy) is 1. The number of esters is 1. The van der Waals surface area contributed by atoms with Crippen LogP contribution in [0.3, 0.4) is 0 Å². The summed E-state index contributed by atoms with van der Waals surface area (Å²) in [6, 6.07) is 2.99. The zero-order valence-corrected chi connectivity index (χ0v) is 16.5. The third-order valence-electron chi connectivity index (χ3n) is 7.27. The Morgan fingerprint density at radius 1 is 0.931 bits per heavy atom. The Bertz CT molecular complexity index is 808. The average molecular weight is 402 g/mol. The largest absolute Gasteiger partial charge is 0.458 e. The van der Waals surface area contributed by atoms with Gasteiger partial charge in [-0.2, -0.15) is 0 Å². The highest BCUT2D eigenvalue weighted by atomic mass is 16.6. The fourth-order valence-electron chi connectivity index (χ4n) is 5.93. The first-order valence-corrected chi connectivity index (χ1v) is 10.5. The number of nitro groups is 2. The molecular formula is C21H26N2O6. The van der Waals surface area contributed by atoms with Crippen molar-refractivity contribution in [2.75, 3.05) is 0 Å². The molecule has 156 valence electrons. The van der Waals surface area contributed by atoms with E-state index in [0.717, 1.165) is 49.3 Å². The number of hydrogen-bond donors (Lipinski definition) is 0. The summed E-state index contributed by atoms with van der Waals surface area (Å²) < 4.78 is 5.87. The number of rotatable bonds is 5. The lowest BCUT2D eigenvalue weighted by molar-refractivity contribution is -0.394. The highest BCUT2D eigenvalue weighted by Gasteiger charge is 2.47. The van der Waals surface area contributed by atoms with Crippen molar-refractivity contribution in [2.45, 2.75) is 58.0 Å². The fourth-order valence-corrected chi connectivity index (χ4v) is 5.93. The van der Waals surface area contributed by atoms with E-state index in [4.69, 9.17) is 4.74 Å². The molecular weight excluding hydrogens is 376 g/mol. The second-order valence-corrected chi connectivity index (χ2v) is 9.12. The Balaban J connectivity index is 1.55. The third kappa shape index (κ3) is 3.97. The maximum Gasteiger partial charge on any atom is 0.338 e. The van der Waals surface area contributed by atoms with E-state index >= 15 is 0 Å². The summed E-state index contributed by atoms with van der Waals surface area (Å²) >= 11 is 0. The lowest BCUT2D eigenvalue weighted by atomic mass is 9.69. The topological polar surface area (TPSA) is 113 Å². The van der Waals surface area contributed by atoms with Crippen LogP contribution in [0.5, 0.6) is 0 Å². The van der Waals surface area contributed by atoms with Crippen molar-refractivity contribution in [3.05, 3.63) is 44.0 Å². The first kappa shape index (κ1) is 19.8. The van der Waals surface area contributed by atoms with E-state index in [9.17, 15) is 25.0 Å². The van der Waals surface area contributed by atoms with Crippen molar-refractivity contribution in [2.24, 2.45) is 29.6 Å². The van der Waals surface area contributed by atoms with Crippen LogP contribution in [0.4, 0.5) is 11.4 Å². The van der Waals surface area contributed by atoms with E-state index in [-0.39, 0.29) is 11.7 Å². The van der Waals surface area contributed by atoms with E-state index in [1.165, 1.54) is 25.7 Å². The van der Waals surface area contributed by atoms with Gasteiger partial charge < -0.3 is 4.74 Å². The van der Waals surface area contributed by atoms with E-state index in [0.29, 0.717) is 17.8 Å². The van der Waals surface area contributed by atoms with Crippen LogP contribution in [-0.2, 0) is 4.74 Å². The molecule has 0 amide bonds. The SMILES string of the molecule is CC1CCC(C2CC3CCC2C3)C(OC(=O)c2cc([N+](=O)[O-])cc([N+](=O)[O-])c2)C1. The van der Waals surface area contributed by atoms with Crippen LogP contribution in [0.25, 0.3) is 0 Å². The van der Waals surface area contributed by atoms with E-state index in [1.54, 1.807) is 0 Å². The van der Waals surface area contributed by atoms with Crippen LogP contribution in [-0.4, -0.2) is 21.9 Å². The van der Waals surface area contributed by atoms with Gasteiger partial charge in [0.05, 0.1) is 21.5 Å². The Hall–Kier alpha value is -2.51. The Kier molecular flexibility index (Phi) is 5.27. The smallest absolute Gasteiger partial charge is 0.338 e. The molecule has 8 nitrogen and oxygen atoms in total. The molecule has 29 heavy (non-hydrogen) atoms. The van der Waals surface area contributed by atoms with Gasteiger partial charge in [-0.3, -0.25) is 20.2 Å². The summed E-state index contributed by atoms with van der Waals surface area (Å²) in [5.41, 5.74) is -1.09. The summed E-state index contributed by atoms with van der Waals surface area (Å²) in [6.45, 7) is 2.15. The van der Waals surface area contributed by atoms with Gasteiger partial charge >= 0.3 is 5.97 Å². The Morgan fingerprint density at radius 2 is 1.62 bits per heavy atom. The molecule has 0 aromatic heterocycles. The highest BCUT2D eigenvalue weighted by molar-refractivity contribution is 5.91. The fraction of sp³-hybridized carbons (Fsp3) is 0.667. The molecule has 1 aromatic rings. The summed E-state index contributed by atoms with van der Waals surface area (Å²) in [5.74, 6) is 2.17. The molecule has 3 fully saturated rings. The van der Waals surface area contributed by atoms with Gasteiger partial charge in [0, 0.05) is 12.1 Å². The molecule has 0 radical (unpaired) electrons. The monoisotopic (exact) mass is 402 g/mol. The van der Waals surface area contributed by atoms with Crippen LogP contribution in [0, 0.1) is 49.8 Å². The number of benzene rings is 1. The van der Waals surface area contributed by atoms with Crippen molar-refractivity contribution in [3.8, 4) is 0 Å². The van der Waals surface area contributed by atoms with Crippen molar-refractivity contribution in [1.29, 1.82) is 0 Å². The van der Waals surface area contributed by atoms with Crippen molar-refractivity contribution in [3.63, 3.8) is 0 Å². The second kappa shape index (κ2) is 7.72. The van der Waals surface area contributed by atoms with E-state index < -0.39 is 27.2 Å². The van der Waals surface area contributed by atoms with Crippen LogP contribution >= 0.6 is 0 Å². The summed E-state index contributed by atoms with van der Waals surface area (Å²) in [4.78, 5) is 33.6. The molecule has 0 N–H and O–H groups in total. The lowest BCUT2D eigenvalue weighted by Crippen LogP contribution is -2.39. The van der Waals surface area contributed by atoms with E-state index in [1.807, 2.05) is 0 Å². The quantitative estimate of drug-likeness (QED) is 0.393. The van der Waals surface area contributed by atoms with Gasteiger partial charge in [0.15, 0.2) is 0 Å². The summed E-state index contributed by atoms with van der Waals surface area (Å²) in [5, 5.41) is 22.2. The zero-order valence-electron chi connectivity index (χ0n) is 16.5. The number of nitrogens with zero attached hydrogens (tertiary/aromatic N) is 2. The molecule has 3 aliphatic carbocycles. The number of carbonyl (C=O) groups excluding carboxylic acids is 1. The first-order chi connectivity index (χ1) is 13.8. The van der Waals surface area contributed by atoms with Crippen LogP contribution in [0.2, 0.25) is 0 Å². The minimum atomic E-state index is -0.732. The van der Waals surface area contributed by atoms with Gasteiger partial charge in [0.1, 0.15) is 6.10 Å². The average Bonchev–Trinajstić information content (AvgIpc) is 3.31.